The minimum atomic E-state index is -0.407. The van der Waals surface area contributed by atoms with E-state index >= 15 is 0 Å². The summed E-state index contributed by atoms with van der Waals surface area (Å²) in [4.78, 5) is 14.8. The predicted octanol–water partition coefficient (Wildman–Crippen LogP) is 3.03. The minimum absolute atomic E-state index is 0.00336. The number of hydrogen-bond acceptors (Lipinski definition) is 4. The third-order valence-electron chi connectivity index (χ3n) is 2.80. The summed E-state index contributed by atoms with van der Waals surface area (Å²) in [6, 6.07) is 5.07. The van der Waals surface area contributed by atoms with E-state index in [0.717, 1.165) is 26.1 Å². The van der Waals surface area contributed by atoms with Crippen LogP contribution in [0.5, 0.6) is 0 Å². The van der Waals surface area contributed by atoms with Crippen LogP contribution in [0.15, 0.2) is 18.2 Å². The van der Waals surface area contributed by atoms with Gasteiger partial charge in [0.05, 0.1) is 4.92 Å². The number of anilines is 1. The summed E-state index contributed by atoms with van der Waals surface area (Å²) in [5.74, 6) is 0. The summed E-state index contributed by atoms with van der Waals surface area (Å²) in [7, 11) is 3.97. The molecule has 0 N–H and O–H groups in total. The molecule has 0 heterocycles. The zero-order valence-electron chi connectivity index (χ0n) is 11.6. The molecule has 0 unspecified atom stereocenters. The Bertz CT molecular complexity index is 438. The van der Waals surface area contributed by atoms with Gasteiger partial charge in [0.25, 0.3) is 0 Å². The molecule has 0 atom stereocenters. The Morgan fingerprint density at radius 1 is 1.26 bits per heavy atom. The number of rotatable bonds is 7. The molecule has 0 aliphatic rings. The quantitative estimate of drug-likeness (QED) is 0.571. The van der Waals surface area contributed by atoms with Gasteiger partial charge in [0, 0.05) is 19.6 Å². The van der Waals surface area contributed by atoms with Crippen molar-refractivity contribution in [2.45, 2.75) is 13.3 Å². The molecule has 0 saturated heterocycles. The SMILES string of the molecule is CCCN(CCN(C)C)c1cccc(Cl)c1[N+](=O)[O-]. The summed E-state index contributed by atoms with van der Waals surface area (Å²) in [6.07, 6.45) is 0.928. The Kier molecular flexibility index (Phi) is 6.05. The average molecular weight is 286 g/mol. The number of nitro benzene ring substituents is 1. The van der Waals surface area contributed by atoms with Crippen molar-refractivity contribution in [3.63, 3.8) is 0 Å². The molecule has 19 heavy (non-hydrogen) atoms. The monoisotopic (exact) mass is 285 g/mol. The second kappa shape index (κ2) is 7.31. The van der Waals surface area contributed by atoms with Crippen LogP contribution in [0.2, 0.25) is 5.02 Å². The predicted molar refractivity (Wildman–Crippen MR) is 79.2 cm³/mol. The Labute approximate surface area is 118 Å². The molecule has 1 aromatic carbocycles. The fourth-order valence-corrected chi connectivity index (χ4v) is 2.12. The molecule has 0 amide bonds. The van der Waals surface area contributed by atoms with Crippen LogP contribution < -0.4 is 4.90 Å². The van der Waals surface area contributed by atoms with Crippen molar-refractivity contribution in [1.29, 1.82) is 0 Å². The molecule has 1 aromatic rings. The first-order valence-electron chi connectivity index (χ1n) is 6.30. The van der Waals surface area contributed by atoms with E-state index in [0.29, 0.717) is 5.69 Å². The van der Waals surface area contributed by atoms with E-state index in [4.69, 9.17) is 11.6 Å². The van der Waals surface area contributed by atoms with Gasteiger partial charge in [-0.1, -0.05) is 24.6 Å². The van der Waals surface area contributed by atoms with Crippen molar-refractivity contribution in [3.8, 4) is 0 Å². The third-order valence-corrected chi connectivity index (χ3v) is 3.10. The lowest BCUT2D eigenvalue weighted by atomic mass is 10.2. The van der Waals surface area contributed by atoms with Gasteiger partial charge < -0.3 is 9.80 Å². The second-order valence-electron chi connectivity index (χ2n) is 4.66. The smallest absolute Gasteiger partial charge is 0.310 e. The summed E-state index contributed by atoms with van der Waals surface area (Å²) in [5, 5.41) is 11.4. The van der Waals surface area contributed by atoms with Crippen LogP contribution in [0.4, 0.5) is 11.4 Å². The highest BCUT2D eigenvalue weighted by molar-refractivity contribution is 6.33. The van der Waals surface area contributed by atoms with Crippen molar-refractivity contribution in [1.82, 2.24) is 4.90 Å². The Morgan fingerprint density at radius 3 is 2.47 bits per heavy atom. The molecule has 0 spiro atoms. The highest BCUT2D eigenvalue weighted by atomic mass is 35.5. The van der Waals surface area contributed by atoms with Gasteiger partial charge in [0.2, 0.25) is 0 Å². The van der Waals surface area contributed by atoms with Crippen LogP contribution in [-0.4, -0.2) is 43.6 Å². The molecular formula is C13H20ClN3O2. The molecule has 5 nitrogen and oxygen atoms in total. The Hall–Kier alpha value is -1.33. The van der Waals surface area contributed by atoms with Crippen molar-refractivity contribution in [3.05, 3.63) is 33.3 Å². The molecule has 0 aromatic heterocycles. The lowest BCUT2D eigenvalue weighted by Gasteiger charge is -2.25. The van der Waals surface area contributed by atoms with Crippen LogP contribution >= 0.6 is 11.6 Å². The van der Waals surface area contributed by atoms with E-state index < -0.39 is 4.92 Å². The van der Waals surface area contributed by atoms with E-state index in [-0.39, 0.29) is 10.7 Å². The van der Waals surface area contributed by atoms with E-state index in [1.165, 1.54) is 0 Å². The zero-order valence-corrected chi connectivity index (χ0v) is 12.4. The summed E-state index contributed by atoms with van der Waals surface area (Å²) >= 11 is 5.95. The summed E-state index contributed by atoms with van der Waals surface area (Å²) in [5.41, 5.74) is 0.595. The first-order chi connectivity index (χ1) is 8.97. The van der Waals surface area contributed by atoms with Gasteiger partial charge >= 0.3 is 5.69 Å². The molecule has 1 rings (SSSR count). The summed E-state index contributed by atoms with van der Waals surface area (Å²) < 4.78 is 0. The normalized spacial score (nSPS) is 10.8. The Morgan fingerprint density at radius 2 is 1.95 bits per heavy atom. The van der Waals surface area contributed by atoms with E-state index in [2.05, 4.69) is 11.8 Å². The molecule has 0 radical (unpaired) electrons. The first-order valence-corrected chi connectivity index (χ1v) is 6.67. The van der Waals surface area contributed by atoms with Crippen molar-refractivity contribution in [2.75, 3.05) is 38.6 Å². The maximum absolute atomic E-state index is 11.2. The van der Waals surface area contributed by atoms with Crippen LogP contribution in [0, 0.1) is 10.1 Å². The fraction of sp³-hybridized carbons (Fsp3) is 0.538. The first kappa shape index (κ1) is 15.7. The van der Waals surface area contributed by atoms with Gasteiger partial charge in [-0.15, -0.1) is 0 Å². The number of halogens is 1. The van der Waals surface area contributed by atoms with Crippen LogP contribution in [0.1, 0.15) is 13.3 Å². The fourth-order valence-electron chi connectivity index (χ4n) is 1.88. The molecular weight excluding hydrogens is 266 g/mol. The maximum Gasteiger partial charge on any atom is 0.310 e. The number of nitro groups is 1. The van der Waals surface area contributed by atoms with Gasteiger partial charge in [0.1, 0.15) is 10.7 Å². The highest BCUT2D eigenvalue weighted by Crippen LogP contribution is 2.34. The third kappa shape index (κ3) is 4.36. The van der Waals surface area contributed by atoms with Gasteiger partial charge in [-0.25, -0.2) is 0 Å². The van der Waals surface area contributed by atoms with Crippen LogP contribution in [0.3, 0.4) is 0 Å². The van der Waals surface area contributed by atoms with Crippen LogP contribution in [0.25, 0.3) is 0 Å². The number of nitrogens with zero attached hydrogens (tertiary/aromatic N) is 3. The zero-order chi connectivity index (χ0) is 14.4. The molecule has 106 valence electrons. The highest BCUT2D eigenvalue weighted by Gasteiger charge is 2.22. The van der Waals surface area contributed by atoms with E-state index in [1.807, 2.05) is 19.0 Å². The minimum Gasteiger partial charge on any atom is -0.365 e. The molecule has 0 saturated carbocycles. The topological polar surface area (TPSA) is 49.6 Å². The van der Waals surface area contributed by atoms with Gasteiger partial charge in [-0.2, -0.15) is 0 Å². The summed E-state index contributed by atoms with van der Waals surface area (Å²) in [6.45, 7) is 4.40. The number of para-hydroxylation sites is 1. The Balaban J connectivity index is 3.07. The molecule has 0 bridgehead atoms. The van der Waals surface area contributed by atoms with Gasteiger partial charge in [-0.3, -0.25) is 10.1 Å². The largest absolute Gasteiger partial charge is 0.365 e. The molecule has 0 aliphatic carbocycles. The molecule has 0 aliphatic heterocycles. The van der Waals surface area contributed by atoms with E-state index in [9.17, 15) is 10.1 Å². The molecule has 0 fully saturated rings. The second-order valence-corrected chi connectivity index (χ2v) is 5.06. The van der Waals surface area contributed by atoms with Crippen molar-refractivity contribution in [2.24, 2.45) is 0 Å². The number of hydrogen-bond donors (Lipinski definition) is 0. The van der Waals surface area contributed by atoms with Gasteiger partial charge in [-0.05, 0) is 32.6 Å². The van der Waals surface area contributed by atoms with E-state index in [1.54, 1.807) is 18.2 Å². The van der Waals surface area contributed by atoms with Crippen molar-refractivity contribution < 1.29 is 4.92 Å². The number of benzene rings is 1. The van der Waals surface area contributed by atoms with Crippen molar-refractivity contribution >= 4 is 23.0 Å². The molecule has 6 heteroatoms. The number of likely N-dealkylation sites (N-methyl/N-ethyl adjacent to an activating group) is 1. The maximum atomic E-state index is 11.2. The van der Waals surface area contributed by atoms with Crippen LogP contribution in [-0.2, 0) is 0 Å². The lowest BCUT2D eigenvalue weighted by Crippen LogP contribution is -2.32. The standard InChI is InChI=1S/C13H20ClN3O2/c1-4-8-16(10-9-15(2)3)12-7-5-6-11(14)13(12)17(18)19/h5-7H,4,8-10H2,1-3H3. The average Bonchev–Trinajstić information content (AvgIpc) is 2.33. The van der Waals surface area contributed by atoms with Gasteiger partial charge in [0.15, 0.2) is 0 Å². The lowest BCUT2D eigenvalue weighted by molar-refractivity contribution is -0.384.